The molecule has 0 amide bonds. The summed E-state index contributed by atoms with van der Waals surface area (Å²) in [5.74, 6) is -0.178. The first-order chi connectivity index (χ1) is 24.7. The van der Waals surface area contributed by atoms with E-state index in [0.717, 1.165) is 0 Å². The second-order valence-electron chi connectivity index (χ2n) is 11.2. The number of hydrogen-bond acceptors (Lipinski definition) is 13. The molecule has 0 radical (unpaired) electrons. The summed E-state index contributed by atoms with van der Waals surface area (Å²) < 4.78 is 50.2. The lowest BCUT2D eigenvalue weighted by molar-refractivity contribution is -0.302. The second kappa shape index (κ2) is 17.3. The molecule has 0 saturated carbocycles. The van der Waals surface area contributed by atoms with Crippen molar-refractivity contribution in [3.05, 3.63) is 119 Å². The largest absolute Gasteiger partial charge is 0.497 e. The van der Waals surface area contributed by atoms with Gasteiger partial charge in [0, 0.05) is 0 Å². The van der Waals surface area contributed by atoms with Gasteiger partial charge in [0.05, 0.1) is 51.7 Å². The molecule has 4 aromatic rings. The molecule has 0 bridgehead atoms. The lowest BCUT2D eigenvalue weighted by Crippen LogP contribution is -2.62. The fraction of sp³-hybridized carbons (Fsp3) is 0.289. The zero-order valence-corrected chi connectivity index (χ0v) is 28.4. The van der Waals surface area contributed by atoms with Crippen molar-refractivity contribution < 1.29 is 62.1 Å². The number of carbonyl (C=O) groups excluding carboxylic acids is 3. The van der Waals surface area contributed by atoms with Crippen LogP contribution >= 0.6 is 0 Å². The molecule has 0 aliphatic carbocycles. The predicted molar refractivity (Wildman–Crippen MR) is 180 cm³/mol. The number of aliphatic hydroxyl groups is 1. The van der Waals surface area contributed by atoms with Gasteiger partial charge in [-0.3, -0.25) is 0 Å². The van der Waals surface area contributed by atoms with Crippen LogP contribution in [0.5, 0.6) is 23.0 Å². The number of rotatable bonds is 14. The summed E-state index contributed by atoms with van der Waals surface area (Å²) in [4.78, 5) is 40.0. The minimum absolute atomic E-state index is 0.0282. The van der Waals surface area contributed by atoms with Crippen LogP contribution in [0.3, 0.4) is 0 Å². The third-order valence-electron chi connectivity index (χ3n) is 8.03. The first-order valence-corrected chi connectivity index (χ1v) is 15.8. The average Bonchev–Trinajstić information content (AvgIpc) is 3.18. The summed E-state index contributed by atoms with van der Waals surface area (Å²) in [5, 5.41) is 11.6. The first kappa shape index (κ1) is 36.6. The van der Waals surface area contributed by atoms with Crippen LogP contribution in [0.1, 0.15) is 36.6 Å². The molecule has 5 rings (SSSR count). The van der Waals surface area contributed by atoms with Crippen molar-refractivity contribution in [2.24, 2.45) is 0 Å². The van der Waals surface area contributed by atoms with E-state index < -0.39 is 55.2 Å². The Morgan fingerprint density at radius 3 is 1.39 bits per heavy atom. The highest BCUT2D eigenvalue weighted by Gasteiger charge is 2.51. The number of methoxy groups -OCH3 is 4. The summed E-state index contributed by atoms with van der Waals surface area (Å²) in [7, 11) is 6.02. The third-order valence-corrected chi connectivity index (χ3v) is 8.03. The van der Waals surface area contributed by atoms with Gasteiger partial charge >= 0.3 is 17.9 Å². The summed E-state index contributed by atoms with van der Waals surface area (Å²) in [6.45, 7) is -0.503. The molecule has 268 valence electrons. The van der Waals surface area contributed by atoms with Gasteiger partial charge in [0.1, 0.15) is 41.8 Å². The number of aliphatic hydroxyl groups excluding tert-OH is 1. The molecule has 1 heterocycles. The lowest BCUT2D eigenvalue weighted by atomic mass is 9.98. The average molecular weight is 703 g/mol. The van der Waals surface area contributed by atoms with Gasteiger partial charge in [-0.1, -0.05) is 12.1 Å². The Balaban J connectivity index is 1.44. The van der Waals surface area contributed by atoms with Crippen LogP contribution in [0.25, 0.3) is 0 Å². The van der Waals surface area contributed by atoms with E-state index in [1.54, 1.807) is 67.8 Å². The van der Waals surface area contributed by atoms with Crippen LogP contribution in [-0.4, -0.2) is 88.8 Å². The number of hydrogen-bond donors (Lipinski definition) is 1. The van der Waals surface area contributed by atoms with Crippen molar-refractivity contribution in [3.8, 4) is 23.0 Å². The normalized spacial score (nSPS) is 19.7. The predicted octanol–water partition coefficient (Wildman–Crippen LogP) is 4.63. The highest BCUT2D eigenvalue weighted by Crippen LogP contribution is 2.30. The van der Waals surface area contributed by atoms with E-state index in [1.807, 2.05) is 0 Å². The van der Waals surface area contributed by atoms with Crippen molar-refractivity contribution in [2.45, 2.75) is 37.3 Å². The maximum absolute atomic E-state index is 13.5. The van der Waals surface area contributed by atoms with Gasteiger partial charge in [-0.2, -0.15) is 0 Å². The molecule has 5 atom stereocenters. The fourth-order valence-electron chi connectivity index (χ4n) is 5.15. The van der Waals surface area contributed by atoms with Crippen molar-refractivity contribution in [1.82, 2.24) is 0 Å². The molecule has 51 heavy (non-hydrogen) atoms. The van der Waals surface area contributed by atoms with E-state index >= 15 is 0 Å². The first-order valence-electron chi connectivity index (χ1n) is 15.8. The van der Waals surface area contributed by atoms with Gasteiger partial charge < -0.3 is 47.7 Å². The van der Waals surface area contributed by atoms with Gasteiger partial charge in [0.15, 0.2) is 18.5 Å². The molecule has 4 aromatic carbocycles. The van der Waals surface area contributed by atoms with E-state index in [9.17, 15) is 19.5 Å². The Morgan fingerprint density at radius 2 is 0.961 bits per heavy atom. The summed E-state index contributed by atoms with van der Waals surface area (Å²) in [6, 6.07) is 25.5. The molecule has 0 aromatic heterocycles. The molecule has 0 spiro atoms. The molecule has 1 N–H and O–H groups in total. The zero-order chi connectivity index (χ0) is 36.3. The Bertz CT molecular complexity index is 1740. The van der Waals surface area contributed by atoms with E-state index in [4.69, 9.17) is 42.6 Å². The highest BCUT2D eigenvalue weighted by molar-refractivity contribution is 5.91. The van der Waals surface area contributed by atoms with E-state index in [2.05, 4.69) is 0 Å². The minimum Gasteiger partial charge on any atom is -0.497 e. The van der Waals surface area contributed by atoms with Gasteiger partial charge in [-0.15, -0.1) is 0 Å². The number of carbonyl (C=O) groups is 3. The van der Waals surface area contributed by atoms with Gasteiger partial charge in [0.25, 0.3) is 0 Å². The van der Waals surface area contributed by atoms with Gasteiger partial charge in [-0.05, 0) is 90.5 Å². The van der Waals surface area contributed by atoms with Gasteiger partial charge in [0.2, 0.25) is 0 Å². The molecular formula is C38H38O13. The van der Waals surface area contributed by atoms with E-state index in [1.165, 1.54) is 57.7 Å². The molecule has 0 unspecified atom stereocenters. The van der Waals surface area contributed by atoms with E-state index in [-0.39, 0.29) is 23.3 Å². The molecular weight excluding hydrogens is 664 g/mol. The highest BCUT2D eigenvalue weighted by atomic mass is 16.7. The Kier molecular flexibility index (Phi) is 12.5. The van der Waals surface area contributed by atoms with Crippen molar-refractivity contribution in [2.75, 3.05) is 35.0 Å². The summed E-state index contributed by atoms with van der Waals surface area (Å²) in [5.41, 5.74) is 1.20. The van der Waals surface area contributed by atoms with Crippen LogP contribution < -0.4 is 18.9 Å². The molecule has 1 aliphatic rings. The third kappa shape index (κ3) is 9.34. The summed E-state index contributed by atoms with van der Waals surface area (Å²) >= 11 is 0. The van der Waals surface area contributed by atoms with Gasteiger partial charge in [-0.25, -0.2) is 14.4 Å². The summed E-state index contributed by atoms with van der Waals surface area (Å²) in [6.07, 6.45) is -7.36. The van der Waals surface area contributed by atoms with E-state index in [0.29, 0.717) is 28.6 Å². The Morgan fingerprint density at radius 1 is 0.569 bits per heavy atom. The fourth-order valence-corrected chi connectivity index (χ4v) is 5.15. The van der Waals surface area contributed by atoms with Crippen LogP contribution in [0, 0.1) is 0 Å². The standard InChI is InChI=1S/C38H38O13/c1-43-27-13-5-23(6-14-27)21-48-38-32(39)34(51-37(42)26-11-19-30(46-4)20-12-26)33(50-36(41)25-9-17-29(45-3)18-10-25)31(49-38)22-47-35(40)24-7-15-28(44-2)16-8-24/h5-20,31-34,38-39H,21-22H2,1-4H3/t31-,32-,33-,34-,38+/m1/s1. The van der Waals surface area contributed by atoms with Crippen LogP contribution in [0.4, 0.5) is 0 Å². The minimum atomic E-state index is -1.66. The molecule has 1 aliphatic heterocycles. The zero-order valence-electron chi connectivity index (χ0n) is 28.4. The number of benzene rings is 4. The lowest BCUT2D eigenvalue weighted by Gasteiger charge is -2.43. The molecule has 1 fully saturated rings. The van der Waals surface area contributed by atoms with Crippen molar-refractivity contribution in [3.63, 3.8) is 0 Å². The SMILES string of the molecule is COc1ccc(CO[C@H]2O[C@H](COC(=O)c3ccc(OC)cc3)[C@@H](OC(=O)c3ccc(OC)cc3)[C@H](OC(=O)c3ccc(OC)cc3)[C@H]2O)cc1. The maximum atomic E-state index is 13.5. The van der Waals surface area contributed by atoms with Crippen LogP contribution in [-0.2, 0) is 30.3 Å². The molecule has 1 saturated heterocycles. The topological polar surface area (TPSA) is 155 Å². The van der Waals surface area contributed by atoms with Crippen molar-refractivity contribution >= 4 is 17.9 Å². The number of esters is 3. The van der Waals surface area contributed by atoms with Crippen molar-refractivity contribution in [1.29, 1.82) is 0 Å². The maximum Gasteiger partial charge on any atom is 0.338 e. The number of ether oxygens (including phenoxy) is 9. The Hall–Kier alpha value is -5.63. The second-order valence-corrected chi connectivity index (χ2v) is 11.2. The van der Waals surface area contributed by atoms with Crippen LogP contribution in [0.15, 0.2) is 97.1 Å². The molecule has 13 heteroatoms. The Labute approximate surface area is 294 Å². The monoisotopic (exact) mass is 702 g/mol. The van der Waals surface area contributed by atoms with Crippen LogP contribution in [0.2, 0.25) is 0 Å². The smallest absolute Gasteiger partial charge is 0.338 e. The quantitative estimate of drug-likeness (QED) is 0.144. The molecule has 13 nitrogen and oxygen atoms in total.